The molecule has 90 valence electrons. The first-order chi connectivity index (χ1) is 8.29. The van der Waals surface area contributed by atoms with Crippen LogP contribution in [0.25, 0.3) is 0 Å². The molecule has 1 saturated heterocycles. The molecule has 1 aromatic rings. The molecule has 1 aliphatic heterocycles. The van der Waals surface area contributed by atoms with Gasteiger partial charge in [-0.3, -0.25) is 0 Å². The molecule has 0 spiro atoms. The lowest BCUT2D eigenvalue weighted by Crippen LogP contribution is -2.24. The van der Waals surface area contributed by atoms with Gasteiger partial charge in [0.2, 0.25) is 0 Å². The van der Waals surface area contributed by atoms with E-state index in [1.54, 1.807) is 0 Å². The van der Waals surface area contributed by atoms with Crippen LogP contribution in [0.2, 0.25) is 0 Å². The Balaban J connectivity index is 1.88. The molecular weight excluding hydrogens is 210 g/mol. The van der Waals surface area contributed by atoms with Crippen LogP contribution in [0.3, 0.4) is 0 Å². The molecule has 1 aromatic carbocycles. The summed E-state index contributed by atoms with van der Waals surface area (Å²) in [6.07, 6.45) is 3.69. The van der Waals surface area contributed by atoms with Gasteiger partial charge in [-0.2, -0.15) is 5.26 Å². The number of nitrogens with one attached hydrogen (secondary N) is 2. The van der Waals surface area contributed by atoms with Crippen LogP contribution in [-0.4, -0.2) is 19.1 Å². The Labute approximate surface area is 103 Å². The van der Waals surface area contributed by atoms with Crippen molar-refractivity contribution in [3.05, 3.63) is 29.3 Å². The molecule has 0 unspecified atom stereocenters. The van der Waals surface area contributed by atoms with E-state index >= 15 is 0 Å². The summed E-state index contributed by atoms with van der Waals surface area (Å²) in [6, 6.07) is 8.85. The Kier molecular flexibility index (Phi) is 4.00. The minimum atomic E-state index is 0.651. The number of hydrogen-bond donors (Lipinski definition) is 2. The van der Waals surface area contributed by atoms with Crippen molar-refractivity contribution >= 4 is 5.69 Å². The number of benzene rings is 1. The van der Waals surface area contributed by atoms with Gasteiger partial charge in [0.05, 0.1) is 11.3 Å². The van der Waals surface area contributed by atoms with Crippen LogP contribution in [0, 0.1) is 18.3 Å². The number of nitriles is 1. The first-order valence-electron chi connectivity index (χ1n) is 6.27. The summed E-state index contributed by atoms with van der Waals surface area (Å²) in [6.45, 7) is 4.08. The second-order valence-corrected chi connectivity index (χ2v) is 4.67. The highest BCUT2D eigenvalue weighted by atomic mass is 15.0. The molecule has 1 fully saturated rings. The van der Waals surface area contributed by atoms with E-state index in [4.69, 9.17) is 5.26 Å². The number of aryl methyl sites for hydroxylation is 1. The highest BCUT2D eigenvalue weighted by molar-refractivity contribution is 5.58. The van der Waals surface area contributed by atoms with Gasteiger partial charge in [-0.15, -0.1) is 0 Å². The van der Waals surface area contributed by atoms with Crippen molar-refractivity contribution in [1.29, 1.82) is 5.26 Å². The summed E-state index contributed by atoms with van der Waals surface area (Å²) in [5.74, 6) is 0. The fraction of sp³-hybridized carbons (Fsp3) is 0.500. The van der Waals surface area contributed by atoms with Crippen LogP contribution in [0.5, 0.6) is 0 Å². The third-order valence-corrected chi connectivity index (χ3v) is 3.27. The molecule has 3 heteroatoms. The number of nitrogens with zero attached hydrogens (tertiary/aromatic N) is 1. The van der Waals surface area contributed by atoms with Gasteiger partial charge in [-0.1, -0.05) is 6.07 Å². The van der Waals surface area contributed by atoms with E-state index in [1.165, 1.54) is 12.8 Å². The van der Waals surface area contributed by atoms with E-state index in [9.17, 15) is 0 Å². The van der Waals surface area contributed by atoms with Gasteiger partial charge in [0.25, 0.3) is 0 Å². The zero-order valence-corrected chi connectivity index (χ0v) is 10.3. The van der Waals surface area contributed by atoms with Crippen molar-refractivity contribution in [1.82, 2.24) is 5.32 Å². The molecule has 0 aromatic heterocycles. The summed E-state index contributed by atoms with van der Waals surface area (Å²) in [5.41, 5.74) is 2.82. The molecular formula is C14H19N3. The van der Waals surface area contributed by atoms with Gasteiger partial charge in [0, 0.05) is 12.6 Å². The number of hydrogen-bond acceptors (Lipinski definition) is 3. The summed E-state index contributed by atoms with van der Waals surface area (Å²) in [7, 11) is 0. The lowest BCUT2D eigenvalue weighted by molar-refractivity contribution is 0.574. The van der Waals surface area contributed by atoms with E-state index in [0.717, 1.165) is 36.3 Å². The number of rotatable bonds is 4. The van der Waals surface area contributed by atoms with E-state index in [-0.39, 0.29) is 0 Å². The predicted octanol–water partition coefficient (Wildman–Crippen LogP) is 2.42. The lowest BCUT2D eigenvalue weighted by atomic mass is 10.1. The topological polar surface area (TPSA) is 47.8 Å². The molecule has 0 saturated carbocycles. The molecule has 1 aliphatic rings. The maximum atomic E-state index is 9.05. The Morgan fingerprint density at radius 2 is 2.41 bits per heavy atom. The van der Waals surface area contributed by atoms with Gasteiger partial charge in [-0.25, -0.2) is 0 Å². The maximum absolute atomic E-state index is 9.05. The van der Waals surface area contributed by atoms with Crippen molar-refractivity contribution in [3.63, 3.8) is 0 Å². The maximum Gasteiger partial charge on any atom is 0.101 e. The van der Waals surface area contributed by atoms with E-state index in [1.807, 2.05) is 25.1 Å². The Bertz CT molecular complexity index is 414. The average Bonchev–Trinajstić information content (AvgIpc) is 2.84. The van der Waals surface area contributed by atoms with Crippen LogP contribution in [0.15, 0.2) is 18.2 Å². The fourth-order valence-electron chi connectivity index (χ4n) is 2.29. The summed E-state index contributed by atoms with van der Waals surface area (Å²) < 4.78 is 0. The predicted molar refractivity (Wildman–Crippen MR) is 70.0 cm³/mol. The highest BCUT2D eigenvalue weighted by Gasteiger charge is 2.13. The van der Waals surface area contributed by atoms with Crippen LogP contribution in [0.4, 0.5) is 5.69 Å². The van der Waals surface area contributed by atoms with Gasteiger partial charge in [0.1, 0.15) is 6.07 Å². The smallest absolute Gasteiger partial charge is 0.101 e. The lowest BCUT2D eigenvalue weighted by Gasteiger charge is -2.12. The first-order valence-corrected chi connectivity index (χ1v) is 6.27. The Hall–Kier alpha value is -1.53. The molecule has 0 amide bonds. The van der Waals surface area contributed by atoms with Gasteiger partial charge >= 0.3 is 0 Å². The van der Waals surface area contributed by atoms with Crippen molar-refractivity contribution in [2.45, 2.75) is 32.2 Å². The van der Waals surface area contributed by atoms with E-state index in [0.29, 0.717) is 6.04 Å². The minimum Gasteiger partial charge on any atom is -0.384 e. The van der Waals surface area contributed by atoms with Crippen molar-refractivity contribution in [2.75, 3.05) is 18.4 Å². The normalized spacial score (nSPS) is 18.9. The molecule has 0 radical (unpaired) electrons. The second-order valence-electron chi connectivity index (χ2n) is 4.67. The molecule has 3 nitrogen and oxygen atoms in total. The Morgan fingerprint density at radius 1 is 1.53 bits per heavy atom. The van der Waals surface area contributed by atoms with Crippen LogP contribution < -0.4 is 10.6 Å². The molecule has 1 heterocycles. The van der Waals surface area contributed by atoms with Gasteiger partial charge in [0.15, 0.2) is 0 Å². The Morgan fingerprint density at radius 3 is 3.12 bits per heavy atom. The minimum absolute atomic E-state index is 0.651. The van der Waals surface area contributed by atoms with Crippen LogP contribution >= 0.6 is 0 Å². The average molecular weight is 229 g/mol. The zero-order chi connectivity index (χ0) is 12.1. The highest BCUT2D eigenvalue weighted by Crippen LogP contribution is 2.17. The largest absolute Gasteiger partial charge is 0.384 e. The van der Waals surface area contributed by atoms with Crippen molar-refractivity contribution in [2.24, 2.45) is 0 Å². The fourth-order valence-corrected chi connectivity index (χ4v) is 2.29. The van der Waals surface area contributed by atoms with Crippen molar-refractivity contribution in [3.8, 4) is 6.07 Å². The third-order valence-electron chi connectivity index (χ3n) is 3.27. The molecule has 17 heavy (non-hydrogen) atoms. The number of anilines is 1. The first kappa shape index (κ1) is 11.9. The molecule has 1 atom stereocenters. The van der Waals surface area contributed by atoms with Crippen molar-refractivity contribution < 1.29 is 0 Å². The van der Waals surface area contributed by atoms with E-state index < -0.39 is 0 Å². The SMILES string of the molecule is Cc1ccc(NCC[C@H]2CCCN2)c(C#N)c1. The molecule has 0 aliphatic carbocycles. The van der Waals surface area contributed by atoms with Gasteiger partial charge in [-0.05, 0) is 50.4 Å². The molecule has 2 rings (SSSR count). The van der Waals surface area contributed by atoms with Crippen LogP contribution in [-0.2, 0) is 0 Å². The quantitative estimate of drug-likeness (QED) is 0.833. The molecule has 2 N–H and O–H groups in total. The summed E-state index contributed by atoms with van der Waals surface area (Å²) in [4.78, 5) is 0. The second kappa shape index (κ2) is 5.70. The third kappa shape index (κ3) is 3.21. The van der Waals surface area contributed by atoms with Gasteiger partial charge < -0.3 is 10.6 Å². The monoisotopic (exact) mass is 229 g/mol. The van der Waals surface area contributed by atoms with E-state index in [2.05, 4.69) is 16.7 Å². The summed E-state index contributed by atoms with van der Waals surface area (Å²) >= 11 is 0. The standard InChI is InChI=1S/C14H19N3/c1-11-4-5-14(12(9-11)10-15)17-8-6-13-3-2-7-16-13/h4-5,9,13,16-17H,2-3,6-8H2,1H3/t13-/m1/s1. The summed E-state index contributed by atoms with van der Waals surface area (Å²) in [5, 5.41) is 15.9. The molecule has 0 bridgehead atoms. The van der Waals surface area contributed by atoms with Crippen LogP contribution in [0.1, 0.15) is 30.4 Å². The zero-order valence-electron chi connectivity index (χ0n) is 10.3.